The van der Waals surface area contributed by atoms with Crippen LogP contribution in [0.2, 0.25) is 0 Å². The molecule has 1 N–H and O–H groups in total. The fourth-order valence-electron chi connectivity index (χ4n) is 5.66. The Morgan fingerprint density at radius 3 is 2.37 bits per heavy atom. The first-order valence-electron chi connectivity index (χ1n) is 15.4. The molecule has 10 nitrogen and oxygen atoms in total. The minimum atomic E-state index is -3.92. The number of carbonyl (C=O) groups is 1. The molecule has 0 atom stereocenters. The van der Waals surface area contributed by atoms with Gasteiger partial charge in [-0.05, 0) is 80.4 Å². The average molecular weight is 681 g/mol. The van der Waals surface area contributed by atoms with Crippen molar-refractivity contribution < 1.29 is 31.2 Å². The number of nitrogens with one attached hydrogen (secondary N) is 1. The Morgan fingerprint density at radius 2 is 1.71 bits per heavy atom. The van der Waals surface area contributed by atoms with Crippen molar-refractivity contribution in [3.63, 3.8) is 0 Å². The number of oxazole rings is 1. The van der Waals surface area contributed by atoms with Crippen LogP contribution in [0.1, 0.15) is 30.6 Å². The highest BCUT2D eigenvalue weighted by atomic mass is 32.2. The van der Waals surface area contributed by atoms with E-state index in [0.717, 1.165) is 6.26 Å². The summed E-state index contributed by atoms with van der Waals surface area (Å²) in [5.41, 5.74) is 3.09. The lowest BCUT2D eigenvalue weighted by Crippen LogP contribution is -2.33. The lowest BCUT2D eigenvalue weighted by molar-refractivity contribution is 0.0964. The molecule has 0 bridgehead atoms. The summed E-state index contributed by atoms with van der Waals surface area (Å²) in [5, 5.41) is 12.8. The summed E-state index contributed by atoms with van der Waals surface area (Å²) < 4.78 is 60.1. The van der Waals surface area contributed by atoms with Gasteiger partial charge in [-0.2, -0.15) is 5.26 Å². The summed E-state index contributed by atoms with van der Waals surface area (Å²) in [5.74, 6) is 0.0578. The zero-order valence-electron chi connectivity index (χ0n) is 27.5. The molecule has 0 aliphatic rings. The van der Waals surface area contributed by atoms with Gasteiger partial charge in [0.05, 0.1) is 41.7 Å². The Bertz CT molecular complexity index is 2340. The number of nitrogens with zero attached hydrogens (tertiary/aromatic N) is 3. The molecule has 0 saturated carbocycles. The van der Waals surface area contributed by atoms with Crippen LogP contribution in [0.5, 0.6) is 5.75 Å². The van der Waals surface area contributed by atoms with E-state index in [0.29, 0.717) is 50.4 Å². The second-order valence-corrected chi connectivity index (χ2v) is 14.1. The van der Waals surface area contributed by atoms with Crippen molar-refractivity contribution in [2.45, 2.75) is 20.3 Å². The van der Waals surface area contributed by atoms with Gasteiger partial charge in [0.1, 0.15) is 28.4 Å². The monoisotopic (exact) mass is 680 g/mol. The number of aromatic nitrogens is 1. The van der Waals surface area contributed by atoms with E-state index in [1.807, 2.05) is 18.2 Å². The third-order valence-corrected chi connectivity index (χ3v) is 9.49. The van der Waals surface area contributed by atoms with Gasteiger partial charge < -0.3 is 18.9 Å². The molecule has 6 rings (SSSR count). The summed E-state index contributed by atoms with van der Waals surface area (Å²) >= 11 is 0. The minimum absolute atomic E-state index is 0.0140. The Balaban J connectivity index is 1.65. The molecule has 0 spiro atoms. The van der Waals surface area contributed by atoms with Crippen molar-refractivity contribution >= 4 is 43.7 Å². The van der Waals surface area contributed by atoms with Crippen LogP contribution in [-0.4, -0.2) is 46.3 Å². The molecular formula is C37H33FN4O6S. The van der Waals surface area contributed by atoms with Crippen molar-refractivity contribution in [3.8, 4) is 45.7 Å². The second kappa shape index (κ2) is 12.7. The first-order valence-corrected chi connectivity index (χ1v) is 17.2. The summed E-state index contributed by atoms with van der Waals surface area (Å²) in [4.78, 5) is 18.1. The van der Waals surface area contributed by atoms with Crippen molar-refractivity contribution in [2.24, 2.45) is 5.41 Å². The number of benzene rings is 4. The van der Waals surface area contributed by atoms with Gasteiger partial charge in [-0.1, -0.05) is 18.2 Å². The van der Waals surface area contributed by atoms with E-state index < -0.39 is 27.2 Å². The molecule has 49 heavy (non-hydrogen) atoms. The highest BCUT2D eigenvalue weighted by molar-refractivity contribution is 7.92. The largest absolute Gasteiger partial charge is 0.496 e. The third kappa shape index (κ3) is 6.45. The predicted molar refractivity (Wildman–Crippen MR) is 186 cm³/mol. The number of furan rings is 1. The number of hydrogen-bond acceptors (Lipinski definition) is 8. The summed E-state index contributed by atoms with van der Waals surface area (Å²) in [6.07, 6.45) is 1.33. The van der Waals surface area contributed by atoms with Crippen molar-refractivity contribution in [3.05, 3.63) is 90.2 Å². The number of hydrogen-bond donors (Lipinski definition) is 1. The van der Waals surface area contributed by atoms with Gasteiger partial charge in [0, 0.05) is 36.2 Å². The summed E-state index contributed by atoms with van der Waals surface area (Å²) in [7, 11) is -0.899. The van der Waals surface area contributed by atoms with Crippen LogP contribution < -0.4 is 14.4 Å². The second-order valence-electron chi connectivity index (χ2n) is 12.2. The standard InChI is InChI=1S/C37H33FN4O6S/c1-37(2,21-39)16-17-42(49(5,44)45)29-20-32-26(33(35(43)40-3)34(47-32)22-10-13-24(38)14-11-22)19-25(29)23-12-15-30(46-4)27(18-23)36-41-28-8-6-7-9-31(28)48-36/h6-15,18-20H,16-17H2,1-5H3,(H,40,43). The molecule has 250 valence electrons. The molecule has 6 aromatic rings. The van der Waals surface area contributed by atoms with Gasteiger partial charge in [-0.25, -0.2) is 17.8 Å². The molecule has 1 amide bonds. The molecule has 0 unspecified atom stereocenters. The fraction of sp³-hybridized carbons (Fsp3) is 0.216. The van der Waals surface area contributed by atoms with Gasteiger partial charge in [0.15, 0.2) is 5.58 Å². The molecule has 0 fully saturated rings. The molecule has 2 heterocycles. The van der Waals surface area contributed by atoms with Crippen LogP contribution in [0.3, 0.4) is 0 Å². The number of amides is 1. The van der Waals surface area contributed by atoms with E-state index in [-0.39, 0.29) is 35.6 Å². The van der Waals surface area contributed by atoms with Gasteiger partial charge in [0.2, 0.25) is 15.9 Å². The number of para-hydroxylation sites is 2. The molecule has 0 radical (unpaired) electrons. The van der Waals surface area contributed by atoms with Crippen LogP contribution >= 0.6 is 0 Å². The Labute approximate surface area is 282 Å². The highest BCUT2D eigenvalue weighted by Gasteiger charge is 2.29. The number of anilines is 1. The van der Waals surface area contributed by atoms with Gasteiger partial charge in [0.25, 0.3) is 5.91 Å². The number of carbonyl (C=O) groups excluding carboxylic acids is 1. The topological polar surface area (TPSA) is 139 Å². The van der Waals surface area contributed by atoms with Crippen molar-refractivity contribution in [2.75, 3.05) is 31.3 Å². The van der Waals surface area contributed by atoms with E-state index in [1.165, 1.54) is 42.7 Å². The van der Waals surface area contributed by atoms with Gasteiger partial charge >= 0.3 is 0 Å². The molecule has 0 aliphatic heterocycles. The maximum atomic E-state index is 13.9. The Kier molecular flexibility index (Phi) is 8.64. The molecule has 4 aromatic carbocycles. The quantitative estimate of drug-likeness (QED) is 0.155. The molecule has 0 aliphatic carbocycles. The third-order valence-electron chi connectivity index (χ3n) is 8.31. The molecule has 0 saturated heterocycles. The van der Waals surface area contributed by atoms with Crippen molar-refractivity contribution in [1.82, 2.24) is 10.3 Å². The van der Waals surface area contributed by atoms with Gasteiger partial charge in [-0.15, -0.1) is 0 Å². The van der Waals surface area contributed by atoms with E-state index in [9.17, 15) is 22.9 Å². The normalized spacial score (nSPS) is 11.9. The summed E-state index contributed by atoms with van der Waals surface area (Å²) in [6.45, 7) is 3.47. The SMILES string of the molecule is CNC(=O)c1c(-c2ccc(F)cc2)oc2cc(N(CCC(C)(C)C#N)S(C)(=O)=O)c(-c3ccc(OC)c(-c4nc5ccccc5o4)c3)cc12. The summed E-state index contributed by atoms with van der Waals surface area (Å²) in [6, 6.07) is 23.7. The Morgan fingerprint density at radius 1 is 1.00 bits per heavy atom. The van der Waals surface area contributed by atoms with Crippen molar-refractivity contribution in [1.29, 1.82) is 5.26 Å². The van der Waals surface area contributed by atoms with Crippen LogP contribution in [0.15, 0.2) is 87.7 Å². The number of methoxy groups -OCH3 is 1. The van der Waals surface area contributed by atoms with E-state index >= 15 is 0 Å². The average Bonchev–Trinajstić information content (AvgIpc) is 3.69. The molecule has 12 heteroatoms. The molecular weight excluding hydrogens is 647 g/mol. The van der Waals surface area contributed by atoms with Crippen LogP contribution in [-0.2, 0) is 10.0 Å². The van der Waals surface area contributed by atoms with E-state index in [1.54, 1.807) is 50.2 Å². The predicted octanol–water partition coefficient (Wildman–Crippen LogP) is 7.79. The first kappa shape index (κ1) is 33.2. The first-order chi connectivity index (χ1) is 23.3. The number of fused-ring (bicyclic) bond motifs is 2. The van der Waals surface area contributed by atoms with Crippen LogP contribution in [0.25, 0.3) is 56.0 Å². The fourth-order valence-corrected chi connectivity index (χ4v) is 6.59. The number of sulfonamides is 1. The highest BCUT2D eigenvalue weighted by Crippen LogP contribution is 2.44. The number of nitriles is 1. The zero-order valence-corrected chi connectivity index (χ0v) is 28.3. The number of halogens is 1. The van der Waals surface area contributed by atoms with E-state index in [2.05, 4.69) is 16.4 Å². The van der Waals surface area contributed by atoms with E-state index in [4.69, 9.17) is 13.6 Å². The maximum absolute atomic E-state index is 13.9. The van der Waals surface area contributed by atoms with Crippen LogP contribution in [0.4, 0.5) is 10.1 Å². The number of rotatable bonds is 10. The lowest BCUT2D eigenvalue weighted by Gasteiger charge is -2.27. The van der Waals surface area contributed by atoms with Crippen LogP contribution in [0, 0.1) is 22.6 Å². The van der Waals surface area contributed by atoms with Gasteiger partial charge in [-0.3, -0.25) is 9.10 Å². The smallest absolute Gasteiger partial charge is 0.255 e. The Hall–Kier alpha value is -5.67. The number of ether oxygens (including phenoxy) is 1. The lowest BCUT2D eigenvalue weighted by atomic mass is 9.91. The zero-order chi connectivity index (χ0) is 35.1. The molecule has 2 aromatic heterocycles. The minimum Gasteiger partial charge on any atom is -0.496 e. The maximum Gasteiger partial charge on any atom is 0.255 e.